The van der Waals surface area contributed by atoms with E-state index in [0.29, 0.717) is 19.7 Å². The van der Waals surface area contributed by atoms with Crippen LogP contribution in [-0.2, 0) is 13.1 Å². The van der Waals surface area contributed by atoms with Gasteiger partial charge < -0.3 is 10.1 Å². The summed E-state index contributed by atoms with van der Waals surface area (Å²) in [6.45, 7) is 2.97. The fraction of sp³-hybridized carbons (Fsp3) is 0.211. The number of amides is 1. The second-order valence-corrected chi connectivity index (χ2v) is 5.96. The van der Waals surface area contributed by atoms with Crippen LogP contribution in [0, 0.1) is 10.1 Å². The Morgan fingerprint density at radius 1 is 1.21 bits per heavy atom. The molecule has 0 unspecified atom stereocenters. The highest BCUT2D eigenvalue weighted by molar-refractivity contribution is 5.95. The van der Waals surface area contributed by atoms with Crippen LogP contribution >= 0.6 is 0 Å². The van der Waals surface area contributed by atoms with Gasteiger partial charge in [0.25, 0.3) is 5.91 Å². The first-order valence-electron chi connectivity index (χ1n) is 8.66. The highest BCUT2D eigenvalue weighted by Crippen LogP contribution is 2.28. The summed E-state index contributed by atoms with van der Waals surface area (Å²) in [6.07, 6.45) is 3.12. The number of hydrogen-bond acceptors (Lipinski definition) is 6. The maximum atomic E-state index is 12.3. The number of rotatable bonds is 8. The molecule has 9 heteroatoms. The summed E-state index contributed by atoms with van der Waals surface area (Å²) in [5.74, 6) is -0.245. The van der Waals surface area contributed by atoms with Crippen molar-refractivity contribution in [3.05, 3.63) is 81.9 Å². The Hall–Kier alpha value is -3.75. The fourth-order valence-electron chi connectivity index (χ4n) is 2.63. The predicted molar refractivity (Wildman–Crippen MR) is 101 cm³/mol. The largest absolute Gasteiger partial charge is 0.487 e. The molecular formula is C19H19N5O4. The summed E-state index contributed by atoms with van der Waals surface area (Å²) < 4.78 is 6.95. The van der Waals surface area contributed by atoms with Crippen molar-refractivity contribution in [2.75, 3.05) is 6.61 Å². The molecule has 0 aliphatic carbocycles. The highest BCUT2D eigenvalue weighted by atomic mass is 16.6. The Kier molecular flexibility index (Phi) is 5.95. The number of nitrogens with one attached hydrogen (secondary N) is 1. The summed E-state index contributed by atoms with van der Waals surface area (Å²) in [6, 6.07) is 11.9. The molecule has 1 N–H and O–H groups in total. The van der Waals surface area contributed by atoms with Gasteiger partial charge in [0.15, 0.2) is 5.75 Å². The molecule has 0 aliphatic rings. The van der Waals surface area contributed by atoms with Crippen molar-refractivity contribution in [1.29, 1.82) is 0 Å². The topological polar surface area (TPSA) is 112 Å². The lowest BCUT2D eigenvalue weighted by atomic mass is 10.1. The van der Waals surface area contributed by atoms with Crippen molar-refractivity contribution in [3.8, 4) is 5.75 Å². The quantitative estimate of drug-likeness (QED) is 0.474. The van der Waals surface area contributed by atoms with E-state index >= 15 is 0 Å². The molecule has 1 amide bonds. The number of nitrogens with zero attached hydrogens (tertiary/aromatic N) is 4. The fourth-order valence-corrected chi connectivity index (χ4v) is 2.63. The molecule has 3 aromatic rings. The molecule has 0 fully saturated rings. The van der Waals surface area contributed by atoms with Crippen LogP contribution in [0.1, 0.15) is 28.4 Å². The number of nitro groups is 1. The van der Waals surface area contributed by atoms with Gasteiger partial charge >= 0.3 is 5.69 Å². The van der Waals surface area contributed by atoms with Crippen LogP contribution in [0.3, 0.4) is 0 Å². The van der Waals surface area contributed by atoms with E-state index in [0.717, 1.165) is 11.1 Å². The van der Waals surface area contributed by atoms with E-state index < -0.39 is 10.8 Å². The SMILES string of the molecule is CCOc1ccc(C(=O)NCc2ccc(Cn3cncn3)cc2)cc1[N+](=O)[O-]. The Balaban J connectivity index is 1.62. The van der Waals surface area contributed by atoms with E-state index in [4.69, 9.17) is 4.74 Å². The molecule has 0 atom stereocenters. The van der Waals surface area contributed by atoms with E-state index in [1.807, 2.05) is 24.3 Å². The zero-order valence-corrected chi connectivity index (χ0v) is 15.2. The Bertz CT molecular complexity index is 955. The Morgan fingerprint density at radius 3 is 2.61 bits per heavy atom. The molecule has 0 saturated heterocycles. The van der Waals surface area contributed by atoms with Crippen molar-refractivity contribution in [1.82, 2.24) is 20.1 Å². The maximum Gasteiger partial charge on any atom is 0.311 e. The average molecular weight is 381 g/mol. The number of ether oxygens (including phenoxy) is 1. The van der Waals surface area contributed by atoms with E-state index in [-0.39, 0.29) is 17.0 Å². The molecule has 3 rings (SSSR count). The lowest BCUT2D eigenvalue weighted by molar-refractivity contribution is -0.385. The monoisotopic (exact) mass is 381 g/mol. The third-order valence-corrected chi connectivity index (χ3v) is 4.00. The zero-order chi connectivity index (χ0) is 19.9. The summed E-state index contributed by atoms with van der Waals surface area (Å²) in [5.41, 5.74) is 1.95. The van der Waals surface area contributed by atoms with E-state index in [9.17, 15) is 14.9 Å². The van der Waals surface area contributed by atoms with Crippen LogP contribution < -0.4 is 10.1 Å². The molecule has 28 heavy (non-hydrogen) atoms. The van der Waals surface area contributed by atoms with Gasteiger partial charge in [-0.3, -0.25) is 14.9 Å². The molecule has 144 valence electrons. The van der Waals surface area contributed by atoms with Crippen molar-refractivity contribution >= 4 is 11.6 Å². The van der Waals surface area contributed by atoms with Gasteiger partial charge in [-0.05, 0) is 30.2 Å². The van der Waals surface area contributed by atoms with Crippen LogP contribution in [0.25, 0.3) is 0 Å². The first-order chi connectivity index (χ1) is 13.6. The number of nitro benzene ring substituents is 1. The second-order valence-electron chi connectivity index (χ2n) is 5.96. The summed E-state index contributed by atoms with van der Waals surface area (Å²) in [5, 5.41) is 18.0. The average Bonchev–Trinajstić information content (AvgIpc) is 3.20. The molecule has 1 heterocycles. The number of hydrogen-bond donors (Lipinski definition) is 1. The number of benzene rings is 2. The third-order valence-electron chi connectivity index (χ3n) is 4.00. The van der Waals surface area contributed by atoms with Crippen molar-refractivity contribution in [2.24, 2.45) is 0 Å². The van der Waals surface area contributed by atoms with Crippen LogP contribution in [-0.4, -0.2) is 32.2 Å². The first kappa shape index (κ1) is 19.0. The molecule has 9 nitrogen and oxygen atoms in total. The van der Waals surface area contributed by atoms with Crippen LogP contribution in [0.5, 0.6) is 5.75 Å². The number of aromatic nitrogens is 3. The smallest absolute Gasteiger partial charge is 0.311 e. The lowest BCUT2D eigenvalue weighted by Gasteiger charge is -2.08. The molecule has 0 bridgehead atoms. The molecular weight excluding hydrogens is 362 g/mol. The standard InChI is InChI=1S/C19H19N5O4/c1-2-28-18-8-7-16(9-17(18)24(26)27)19(25)21-10-14-3-5-15(6-4-14)11-23-13-20-12-22-23/h3-9,12-13H,2,10-11H2,1H3,(H,21,25). The normalized spacial score (nSPS) is 10.5. The van der Waals surface area contributed by atoms with Gasteiger partial charge in [0.05, 0.1) is 18.1 Å². The lowest BCUT2D eigenvalue weighted by Crippen LogP contribution is -2.22. The third kappa shape index (κ3) is 4.70. The molecule has 0 radical (unpaired) electrons. The van der Waals surface area contributed by atoms with Gasteiger partial charge in [-0.25, -0.2) is 9.67 Å². The Morgan fingerprint density at radius 2 is 1.96 bits per heavy atom. The maximum absolute atomic E-state index is 12.3. The number of carbonyl (C=O) groups excluding carboxylic acids is 1. The minimum absolute atomic E-state index is 0.145. The predicted octanol–water partition coefficient (Wildman–Crippen LogP) is 2.56. The Labute approximate surface area is 161 Å². The van der Waals surface area contributed by atoms with Gasteiger partial charge in [0.1, 0.15) is 12.7 Å². The van der Waals surface area contributed by atoms with Crippen molar-refractivity contribution in [2.45, 2.75) is 20.0 Å². The van der Waals surface area contributed by atoms with Crippen molar-refractivity contribution < 1.29 is 14.5 Å². The summed E-state index contributed by atoms with van der Waals surface area (Å²) in [4.78, 5) is 26.9. The van der Waals surface area contributed by atoms with Crippen LogP contribution in [0.15, 0.2) is 55.1 Å². The molecule has 0 saturated carbocycles. The second kappa shape index (κ2) is 8.76. The highest BCUT2D eigenvalue weighted by Gasteiger charge is 2.18. The number of carbonyl (C=O) groups is 1. The minimum Gasteiger partial charge on any atom is -0.487 e. The van der Waals surface area contributed by atoms with Crippen molar-refractivity contribution in [3.63, 3.8) is 0 Å². The molecule has 1 aromatic heterocycles. The van der Waals surface area contributed by atoms with E-state index in [1.165, 1.54) is 24.5 Å². The summed E-state index contributed by atoms with van der Waals surface area (Å²) >= 11 is 0. The summed E-state index contributed by atoms with van der Waals surface area (Å²) in [7, 11) is 0. The van der Waals surface area contributed by atoms with Gasteiger partial charge in [-0.2, -0.15) is 5.10 Å². The van der Waals surface area contributed by atoms with Crippen LogP contribution in [0.2, 0.25) is 0 Å². The van der Waals surface area contributed by atoms with Gasteiger partial charge in [-0.15, -0.1) is 0 Å². The van der Waals surface area contributed by atoms with E-state index in [2.05, 4.69) is 15.4 Å². The van der Waals surface area contributed by atoms with Gasteiger partial charge in [0, 0.05) is 18.2 Å². The van der Waals surface area contributed by atoms with E-state index in [1.54, 1.807) is 17.9 Å². The minimum atomic E-state index is -0.560. The molecule has 2 aromatic carbocycles. The molecule has 0 spiro atoms. The molecule has 0 aliphatic heterocycles. The zero-order valence-electron chi connectivity index (χ0n) is 15.2. The van der Waals surface area contributed by atoms with Gasteiger partial charge in [-0.1, -0.05) is 24.3 Å². The van der Waals surface area contributed by atoms with Gasteiger partial charge in [0.2, 0.25) is 0 Å². The van der Waals surface area contributed by atoms with Crippen LogP contribution in [0.4, 0.5) is 5.69 Å². The first-order valence-corrected chi connectivity index (χ1v) is 8.66.